The highest BCUT2D eigenvalue weighted by Gasteiger charge is 2.18. The average Bonchev–Trinajstić information content (AvgIpc) is 2.69. The van der Waals surface area contributed by atoms with E-state index in [2.05, 4.69) is 33.2 Å². The van der Waals surface area contributed by atoms with Crippen molar-refractivity contribution in [3.8, 4) is 0 Å². The van der Waals surface area contributed by atoms with Crippen molar-refractivity contribution in [2.24, 2.45) is 0 Å². The molecule has 6 nitrogen and oxygen atoms in total. The molecule has 1 heterocycles. The number of halogens is 1. The number of amides is 2. The molecule has 27 heavy (non-hydrogen) atoms. The number of carbonyl (C=O) groups is 2. The molecule has 0 radical (unpaired) electrons. The minimum atomic E-state index is -0.267. The molecule has 1 aliphatic heterocycles. The molecule has 1 saturated heterocycles. The maximum atomic E-state index is 12.4. The molecule has 0 aromatic heterocycles. The second-order valence-electron chi connectivity index (χ2n) is 5.87. The highest BCUT2D eigenvalue weighted by Crippen LogP contribution is 2.14. The summed E-state index contributed by atoms with van der Waals surface area (Å²) in [5.41, 5.74) is 1.87. The number of morpholine rings is 1. The normalized spacial score (nSPS) is 13.7. The Morgan fingerprint density at radius 2 is 1.70 bits per heavy atom. The standard InChI is InChI=1S/C19H18IN3O3S/c20-16-4-2-1-3-15(16)17(24)22-19(27)21-14-7-5-13(6-8-14)18(25)23-9-11-26-12-10-23/h1-8H,9-12H2,(H2,21,22,24,27). The lowest BCUT2D eigenvalue weighted by Crippen LogP contribution is -2.40. The second kappa shape index (κ2) is 9.25. The van der Waals surface area contributed by atoms with Gasteiger partial charge in [-0.1, -0.05) is 12.1 Å². The highest BCUT2D eigenvalue weighted by atomic mass is 127. The molecule has 140 valence electrons. The number of ether oxygens (including phenoxy) is 1. The van der Waals surface area contributed by atoms with E-state index in [-0.39, 0.29) is 16.9 Å². The number of hydrogen-bond acceptors (Lipinski definition) is 4. The van der Waals surface area contributed by atoms with E-state index in [1.165, 1.54) is 0 Å². The van der Waals surface area contributed by atoms with Crippen LogP contribution in [0.1, 0.15) is 20.7 Å². The van der Waals surface area contributed by atoms with Crippen LogP contribution in [0.25, 0.3) is 0 Å². The van der Waals surface area contributed by atoms with Gasteiger partial charge < -0.3 is 15.0 Å². The molecule has 0 aliphatic carbocycles. The van der Waals surface area contributed by atoms with Gasteiger partial charge in [-0.3, -0.25) is 14.9 Å². The molecule has 3 rings (SSSR count). The Labute approximate surface area is 176 Å². The Bertz CT molecular complexity index is 852. The molecule has 2 N–H and O–H groups in total. The van der Waals surface area contributed by atoms with E-state index >= 15 is 0 Å². The molecule has 0 saturated carbocycles. The van der Waals surface area contributed by atoms with Gasteiger partial charge in [0.2, 0.25) is 0 Å². The van der Waals surface area contributed by atoms with Crippen LogP contribution in [-0.2, 0) is 4.74 Å². The third kappa shape index (κ3) is 5.24. The van der Waals surface area contributed by atoms with E-state index in [0.717, 1.165) is 3.57 Å². The summed E-state index contributed by atoms with van der Waals surface area (Å²) < 4.78 is 6.11. The van der Waals surface area contributed by atoms with Crippen LogP contribution in [0.4, 0.5) is 5.69 Å². The molecular formula is C19H18IN3O3S. The van der Waals surface area contributed by atoms with Gasteiger partial charge in [-0.25, -0.2) is 0 Å². The van der Waals surface area contributed by atoms with E-state index in [4.69, 9.17) is 17.0 Å². The summed E-state index contributed by atoms with van der Waals surface area (Å²) in [4.78, 5) is 26.5. The van der Waals surface area contributed by atoms with E-state index in [9.17, 15) is 9.59 Å². The smallest absolute Gasteiger partial charge is 0.258 e. The molecule has 1 aliphatic rings. The van der Waals surface area contributed by atoms with E-state index in [0.29, 0.717) is 43.1 Å². The number of carbonyl (C=O) groups excluding carboxylic acids is 2. The summed E-state index contributed by atoms with van der Waals surface area (Å²) in [7, 11) is 0. The van der Waals surface area contributed by atoms with Crippen LogP contribution >= 0.6 is 34.8 Å². The Balaban J connectivity index is 1.57. The van der Waals surface area contributed by atoms with Gasteiger partial charge in [0.25, 0.3) is 11.8 Å². The predicted octanol–water partition coefficient (Wildman–Crippen LogP) is 2.89. The molecule has 0 bridgehead atoms. The minimum Gasteiger partial charge on any atom is -0.378 e. The first-order valence-electron chi connectivity index (χ1n) is 8.38. The van der Waals surface area contributed by atoms with Gasteiger partial charge in [-0.15, -0.1) is 0 Å². The van der Waals surface area contributed by atoms with Crippen LogP contribution < -0.4 is 10.6 Å². The number of hydrogen-bond donors (Lipinski definition) is 2. The first-order valence-corrected chi connectivity index (χ1v) is 9.87. The van der Waals surface area contributed by atoms with Crippen LogP contribution in [0.3, 0.4) is 0 Å². The van der Waals surface area contributed by atoms with Crippen molar-refractivity contribution < 1.29 is 14.3 Å². The third-order valence-corrected chi connectivity index (χ3v) is 5.18. The van der Waals surface area contributed by atoms with Crippen LogP contribution in [-0.4, -0.2) is 48.1 Å². The maximum Gasteiger partial charge on any atom is 0.258 e. The van der Waals surface area contributed by atoms with Crippen molar-refractivity contribution in [2.45, 2.75) is 0 Å². The lowest BCUT2D eigenvalue weighted by atomic mass is 10.1. The number of thiocarbonyl (C=S) groups is 1. The molecule has 2 aromatic carbocycles. The Morgan fingerprint density at radius 1 is 1.04 bits per heavy atom. The van der Waals surface area contributed by atoms with E-state index in [1.54, 1.807) is 41.3 Å². The van der Waals surface area contributed by atoms with Gasteiger partial charge in [0, 0.05) is 27.9 Å². The Morgan fingerprint density at radius 3 is 2.37 bits per heavy atom. The number of nitrogens with zero attached hydrogens (tertiary/aromatic N) is 1. The summed E-state index contributed by atoms with van der Waals surface area (Å²) in [5, 5.41) is 5.82. The number of anilines is 1. The molecular weight excluding hydrogens is 477 g/mol. The number of nitrogens with one attached hydrogen (secondary N) is 2. The number of benzene rings is 2. The van der Waals surface area contributed by atoms with Crippen LogP contribution in [0.2, 0.25) is 0 Å². The van der Waals surface area contributed by atoms with Gasteiger partial charge in [0.15, 0.2) is 5.11 Å². The fourth-order valence-corrected chi connectivity index (χ4v) is 3.47. The van der Waals surface area contributed by atoms with Crippen LogP contribution in [0.5, 0.6) is 0 Å². The fraction of sp³-hybridized carbons (Fsp3) is 0.211. The molecule has 8 heteroatoms. The predicted molar refractivity (Wildman–Crippen MR) is 116 cm³/mol. The topological polar surface area (TPSA) is 70.7 Å². The Hall–Kier alpha value is -2.04. The molecule has 1 fully saturated rings. The van der Waals surface area contributed by atoms with Gasteiger partial charge in [-0.2, -0.15) is 0 Å². The zero-order valence-corrected chi connectivity index (χ0v) is 17.4. The summed E-state index contributed by atoms with van der Waals surface area (Å²) in [6, 6.07) is 14.3. The van der Waals surface area contributed by atoms with Gasteiger partial charge in [-0.05, 0) is 71.2 Å². The summed E-state index contributed by atoms with van der Waals surface area (Å²) in [5.74, 6) is -0.281. The van der Waals surface area contributed by atoms with Crippen molar-refractivity contribution in [1.29, 1.82) is 0 Å². The molecule has 0 unspecified atom stereocenters. The third-order valence-electron chi connectivity index (χ3n) is 4.03. The minimum absolute atomic E-state index is 0.0145. The first-order chi connectivity index (χ1) is 13.0. The van der Waals surface area contributed by atoms with Crippen molar-refractivity contribution in [2.75, 3.05) is 31.6 Å². The largest absolute Gasteiger partial charge is 0.378 e. The molecule has 2 amide bonds. The SMILES string of the molecule is O=C(NC(=S)Nc1ccc(C(=O)N2CCOCC2)cc1)c1ccccc1I. The summed E-state index contributed by atoms with van der Waals surface area (Å²) in [6.45, 7) is 2.35. The quantitative estimate of drug-likeness (QED) is 0.507. The summed E-state index contributed by atoms with van der Waals surface area (Å²) >= 11 is 7.31. The monoisotopic (exact) mass is 495 g/mol. The number of rotatable bonds is 3. The zero-order chi connectivity index (χ0) is 19.2. The lowest BCUT2D eigenvalue weighted by Gasteiger charge is -2.26. The zero-order valence-electron chi connectivity index (χ0n) is 14.4. The van der Waals surface area contributed by atoms with Gasteiger partial charge >= 0.3 is 0 Å². The van der Waals surface area contributed by atoms with Crippen molar-refractivity contribution >= 4 is 57.4 Å². The maximum absolute atomic E-state index is 12.4. The molecule has 2 aromatic rings. The highest BCUT2D eigenvalue weighted by molar-refractivity contribution is 14.1. The molecule has 0 spiro atoms. The van der Waals surface area contributed by atoms with Crippen molar-refractivity contribution in [3.05, 3.63) is 63.2 Å². The van der Waals surface area contributed by atoms with Crippen molar-refractivity contribution in [1.82, 2.24) is 10.2 Å². The van der Waals surface area contributed by atoms with Crippen LogP contribution in [0.15, 0.2) is 48.5 Å². The average molecular weight is 495 g/mol. The van der Waals surface area contributed by atoms with Crippen LogP contribution in [0, 0.1) is 3.57 Å². The van der Waals surface area contributed by atoms with E-state index < -0.39 is 0 Å². The second-order valence-corrected chi connectivity index (χ2v) is 7.44. The Kier molecular flexibility index (Phi) is 6.75. The fourth-order valence-electron chi connectivity index (χ4n) is 2.62. The summed E-state index contributed by atoms with van der Waals surface area (Å²) in [6.07, 6.45) is 0. The van der Waals surface area contributed by atoms with Gasteiger partial charge in [0.05, 0.1) is 18.8 Å². The van der Waals surface area contributed by atoms with E-state index in [1.807, 2.05) is 12.1 Å². The first kappa shape index (κ1) is 19.7. The molecule has 0 atom stereocenters. The lowest BCUT2D eigenvalue weighted by molar-refractivity contribution is 0.0303. The van der Waals surface area contributed by atoms with Crippen molar-refractivity contribution in [3.63, 3.8) is 0 Å². The van der Waals surface area contributed by atoms with Gasteiger partial charge in [0.1, 0.15) is 0 Å².